The molecule has 1 atom stereocenters. The first-order chi connectivity index (χ1) is 22.2. The Morgan fingerprint density at radius 3 is 2.28 bits per heavy atom. The van der Waals surface area contributed by atoms with Crippen molar-refractivity contribution in [3.63, 3.8) is 0 Å². The highest BCUT2D eigenvalue weighted by molar-refractivity contribution is 7.07. The highest BCUT2D eigenvalue weighted by Crippen LogP contribution is 2.36. The summed E-state index contributed by atoms with van der Waals surface area (Å²) >= 11 is 1.30. The van der Waals surface area contributed by atoms with E-state index in [0.29, 0.717) is 37.7 Å². The molecule has 0 N–H and O–H groups in total. The minimum absolute atomic E-state index is 0.198. The Bertz CT molecular complexity index is 2160. The number of methoxy groups -OCH3 is 2. The molecule has 5 aromatic rings. The summed E-state index contributed by atoms with van der Waals surface area (Å²) in [5.41, 5.74) is 7.59. The topological polar surface area (TPSA) is 84.1 Å². The van der Waals surface area contributed by atoms with E-state index in [1.54, 1.807) is 44.8 Å². The van der Waals surface area contributed by atoms with Gasteiger partial charge in [-0.25, -0.2) is 9.79 Å². The van der Waals surface area contributed by atoms with Gasteiger partial charge in [0, 0.05) is 17.1 Å². The summed E-state index contributed by atoms with van der Waals surface area (Å²) in [7, 11) is 3.11. The summed E-state index contributed by atoms with van der Waals surface area (Å²) in [6, 6.07) is 25.5. The molecule has 8 nitrogen and oxygen atoms in total. The predicted octanol–water partition coefficient (Wildman–Crippen LogP) is 5.89. The number of thiazole rings is 1. The number of allylic oxidation sites excluding steroid dienone is 1. The lowest BCUT2D eigenvalue weighted by Crippen LogP contribution is -2.40. The maximum absolute atomic E-state index is 14.2. The molecule has 46 heavy (non-hydrogen) atoms. The lowest BCUT2D eigenvalue weighted by molar-refractivity contribution is -0.139. The van der Waals surface area contributed by atoms with Gasteiger partial charge in [0.15, 0.2) is 16.3 Å². The summed E-state index contributed by atoms with van der Waals surface area (Å²) in [6.45, 7) is 7.83. The molecule has 234 valence electrons. The number of aromatic nitrogens is 2. The SMILES string of the molecule is CCOC(=O)C1=C(C)N=c2s/c(=C\c3cc(C)n(-c4ccc(-c5ccccc5)cc4)c3C)c(=O)n2[C@@H]1c1ccc(OC)c(OC)c1. The van der Waals surface area contributed by atoms with E-state index in [1.165, 1.54) is 16.9 Å². The van der Waals surface area contributed by atoms with Gasteiger partial charge in [-0.15, -0.1) is 0 Å². The Morgan fingerprint density at radius 2 is 1.61 bits per heavy atom. The van der Waals surface area contributed by atoms with E-state index in [0.717, 1.165) is 28.2 Å². The molecule has 0 fully saturated rings. The second-order valence-corrected chi connectivity index (χ2v) is 12.0. The van der Waals surface area contributed by atoms with Crippen molar-refractivity contribution in [2.24, 2.45) is 4.99 Å². The Hall–Kier alpha value is -5.15. The van der Waals surface area contributed by atoms with Crippen LogP contribution < -0.4 is 24.4 Å². The summed E-state index contributed by atoms with van der Waals surface area (Å²) in [5.74, 6) is 0.519. The number of benzene rings is 3. The molecular formula is C37H35N3O5S. The zero-order chi connectivity index (χ0) is 32.5. The van der Waals surface area contributed by atoms with Crippen LogP contribution in [0.1, 0.15) is 42.4 Å². The van der Waals surface area contributed by atoms with Crippen LogP contribution in [0, 0.1) is 13.8 Å². The number of hydrogen-bond acceptors (Lipinski definition) is 7. The van der Waals surface area contributed by atoms with Crippen LogP contribution in [0.4, 0.5) is 0 Å². The molecule has 0 amide bonds. The first-order valence-electron chi connectivity index (χ1n) is 15.0. The monoisotopic (exact) mass is 633 g/mol. The summed E-state index contributed by atoms with van der Waals surface area (Å²) in [5, 5.41) is 0. The number of esters is 1. The number of rotatable bonds is 8. The van der Waals surface area contributed by atoms with Gasteiger partial charge in [0.2, 0.25) is 0 Å². The van der Waals surface area contributed by atoms with Gasteiger partial charge in [-0.2, -0.15) is 0 Å². The lowest BCUT2D eigenvalue weighted by Gasteiger charge is -2.25. The largest absolute Gasteiger partial charge is 0.493 e. The van der Waals surface area contributed by atoms with Crippen molar-refractivity contribution in [3.8, 4) is 28.3 Å². The predicted molar refractivity (Wildman–Crippen MR) is 181 cm³/mol. The molecule has 0 saturated carbocycles. The van der Waals surface area contributed by atoms with Crippen molar-refractivity contribution in [2.45, 2.75) is 33.7 Å². The van der Waals surface area contributed by atoms with E-state index in [1.807, 2.05) is 30.3 Å². The van der Waals surface area contributed by atoms with Crippen LogP contribution >= 0.6 is 11.3 Å². The number of hydrogen-bond donors (Lipinski definition) is 0. The normalized spacial score (nSPS) is 14.6. The van der Waals surface area contributed by atoms with Gasteiger partial charge in [0.05, 0.1) is 42.7 Å². The molecule has 0 spiro atoms. The highest BCUT2D eigenvalue weighted by atomic mass is 32.1. The number of ether oxygens (including phenoxy) is 3. The first kappa shape index (κ1) is 30.9. The van der Waals surface area contributed by atoms with Crippen molar-refractivity contribution in [3.05, 3.63) is 132 Å². The second kappa shape index (κ2) is 12.7. The third-order valence-electron chi connectivity index (χ3n) is 8.23. The van der Waals surface area contributed by atoms with Crippen molar-refractivity contribution in [1.82, 2.24) is 9.13 Å². The summed E-state index contributed by atoms with van der Waals surface area (Å²) in [6.07, 6.45) is 1.91. The molecule has 3 aromatic carbocycles. The van der Waals surface area contributed by atoms with Crippen LogP contribution in [0.25, 0.3) is 22.9 Å². The molecule has 0 aliphatic carbocycles. The molecule has 1 aliphatic rings. The first-order valence-corrected chi connectivity index (χ1v) is 15.8. The molecule has 0 radical (unpaired) electrons. The highest BCUT2D eigenvalue weighted by Gasteiger charge is 2.34. The molecule has 3 heterocycles. The smallest absolute Gasteiger partial charge is 0.338 e. The fourth-order valence-corrected chi connectivity index (χ4v) is 7.07. The van der Waals surface area contributed by atoms with E-state index >= 15 is 0 Å². The van der Waals surface area contributed by atoms with Gasteiger partial charge >= 0.3 is 5.97 Å². The Kier molecular flexibility index (Phi) is 8.51. The van der Waals surface area contributed by atoms with Crippen LogP contribution in [0.5, 0.6) is 11.5 Å². The third-order valence-corrected chi connectivity index (χ3v) is 9.21. The lowest BCUT2D eigenvalue weighted by atomic mass is 9.95. The third kappa shape index (κ3) is 5.47. The van der Waals surface area contributed by atoms with Gasteiger partial charge in [-0.3, -0.25) is 9.36 Å². The standard InChI is InChI=1S/C37H35N3O5S/c1-7-45-36(42)33-23(3)38-37-40(34(33)27-15-18-30(43-5)31(20-27)44-6)35(41)32(46-37)21-28-19-22(2)39(24(28)4)29-16-13-26(14-17-29)25-11-9-8-10-12-25/h8-21,34H,7H2,1-6H3/b32-21-/t34-/m1/s1. The van der Waals surface area contributed by atoms with Crippen LogP contribution in [0.3, 0.4) is 0 Å². The van der Waals surface area contributed by atoms with Gasteiger partial charge in [0.1, 0.15) is 0 Å². The average molecular weight is 634 g/mol. The van der Waals surface area contributed by atoms with E-state index in [2.05, 4.69) is 60.9 Å². The average Bonchev–Trinajstić information content (AvgIpc) is 3.53. The second-order valence-electron chi connectivity index (χ2n) is 11.0. The van der Waals surface area contributed by atoms with Crippen LogP contribution in [-0.4, -0.2) is 35.9 Å². The van der Waals surface area contributed by atoms with E-state index in [4.69, 9.17) is 19.2 Å². The molecule has 2 aromatic heterocycles. The van der Waals surface area contributed by atoms with Crippen molar-refractivity contribution >= 4 is 23.4 Å². The van der Waals surface area contributed by atoms with E-state index in [-0.39, 0.29) is 12.2 Å². The number of carbonyl (C=O) groups is 1. The van der Waals surface area contributed by atoms with Crippen LogP contribution in [0.2, 0.25) is 0 Å². The van der Waals surface area contributed by atoms with Crippen molar-refractivity contribution in [2.75, 3.05) is 20.8 Å². The van der Waals surface area contributed by atoms with E-state index in [9.17, 15) is 9.59 Å². The zero-order valence-corrected chi connectivity index (χ0v) is 27.5. The summed E-state index contributed by atoms with van der Waals surface area (Å²) in [4.78, 5) is 32.7. The fraction of sp³-hybridized carbons (Fsp3) is 0.216. The van der Waals surface area contributed by atoms with Crippen LogP contribution in [0.15, 0.2) is 99.9 Å². The molecule has 1 aliphatic heterocycles. The van der Waals surface area contributed by atoms with Gasteiger partial charge < -0.3 is 18.8 Å². The molecule has 0 saturated heterocycles. The van der Waals surface area contributed by atoms with Gasteiger partial charge in [0.25, 0.3) is 5.56 Å². The number of carbonyl (C=O) groups excluding carboxylic acids is 1. The molecule has 0 unspecified atom stereocenters. The minimum atomic E-state index is -0.757. The van der Waals surface area contributed by atoms with Crippen molar-refractivity contribution < 1.29 is 19.0 Å². The number of aryl methyl sites for hydroxylation is 1. The molecular weight excluding hydrogens is 598 g/mol. The Balaban J connectivity index is 1.46. The minimum Gasteiger partial charge on any atom is -0.493 e. The molecule has 6 rings (SSSR count). The van der Waals surface area contributed by atoms with E-state index < -0.39 is 12.0 Å². The fourth-order valence-electron chi connectivity index (χ4n) is 6.04. The Morgan fingerprint density at radius 1 is 0.913 bits per heavy atom. The maximum Gasteiger partial charge on any atom is 0.338 e. The Labute approximate surface area is 271 Å². The zero-order valence-electron chi connectivity index (χ0n) is 26.7. The molecule has 0 bridgehead atoms. The number of fused-ring (bicyclic) bond motifs is 1. The summed E-state index contributed by atoms with van der Waals surface area (Å²) < 4.78 is 20.7. The molecule has 9 heteroatoms. The van der Waals surface area contributed by atoms with Crippen molar-refractivity contribution in [1.29, 1.82) is 0 Å². The quantitative estimate of drug-likeness (QED) is 0.199. The van der Waals surface area contributed by atoms with Gasteiger partial charge in [-0.05, 0) is 86.4 Å². The number of nitrogens with zero attached hydrogens (tertiary/aromatic N) is 3. The van der Waals surface area contributed by atoms with Crippen LogP contribution in [-0.2, 0) is 9.53 Å². The maximum atomic E-state index is 14.2. The van der Waals surface area contributed by atoms with Gasteiger partial charge in [-0.1, -0.05) is 59.9 Å².